The number of amides is 1. The second-order valence-electron chi connectivity index (χ2n) is 10.8. The highest BCUT2D eigenvalue weighted by Gasteiger charge is 2.30. The number of nitrogens with zero attached hydrogens (tertiary/aromatic N) is 2. The number of carbonyl (C=O) groups is 1. The summed E-state index contributed by atoms with van der Waals surface area (Å²) in [5, 5.41) is 18.1. The van der Waals surface area contributed by atoms with E-state index in [0.29, 0.717) is 31.9 Å². The average molecular weight is 591 g/mol. The fourth-order valence-electron chi connectivity index (χ4n) is 5.67. The molecule has 3 N–H and O–H groups in total. The van der Waals surface area contributed by atoms with Gasteiger partial charge < -0.3 is 25.0 Å². The molecule has 2 atom stereocenters. The largest absolute Gasteiger partial charge is 0.390 e. The van der Waals surface area contributed by atoms with E-state index in [4.69, 9.17) is 4.74 Å². The quantitative estimate of drug-likeness (QED) is 0.354. The number of carbonyl (C=O) groups excluding carboxylic acids is 1. The second kappa shape index (κ2) is 12.0. The molecule has 1 fully saturated rings. The first-order valence-electron chi connectivity index (χ1n) is 13.9. The molecular formula is C29H36F2N4O5S. The van der Waals surface area contributed by atoms with E-state index < -0.39 is 39.7 Å². The Morgan fingerprint density at radius 2 is 1.85 bits per heavy atom. The number of hydrogen-bond donors (Lipinski definition) is 3. The number of aliphatic hydroxyl groups is 1. The molecule has 0 aliphatic carbocycles. The van der Waals surface area contributed by atoms with Crippen LogP contribution in [0.2, 0.25) is 0 Å². The van der Waals surface area contributed by atoms with E-state index in [2.05, 4.69) is 10.6 Å². The summed E-state index contributed by atoms with van der Waals surface area (Å²) in [6, 6.07) is 5.67. The van der Waals surface area contributed by atoms with Gasteiger partial charge in [0.25, 0.3) is 5.91 Å². The van der Waals surface area contributed by atoms with Crippen molar-refractivity contribution in [1.29, 1.82) is 0 Å². The lowest BCUT2D eigenvalue weighted by Crippen LogP contribution is -2.50. The highest BCUT2D eigenvalue weighted by molar-refractivity contribution is 7.92. The zero-order valence-corrected chi connectivity index (χ0v) is 24.0. The van der Waals surface area contributed by atoms with Gasteiger partial charge >= 0.3 is 0 Å². The number of aliphatic hydroxyl groups excluding tert-OH is 1. The lowest BCUT2D eigenvalue weighted by atomic mass is 9.99. The maximum Gasteiger partial charge on any atom is 0.251 e. The Balaban J connectivity index is 1.46. The first kappa shape index (κ1) is 29.4. The number of hydrogen-bond acceptors (Lipinski definition) is 6. The van der Waals surface area contributed by atoms with Gasteiger partial charge in [0.15, 0.2) is 0 Å². The van der Waals surface area contributed by atoms with Crippen LogP contribution in [-0.4, -0.2) is 74.7 Å². The first-order valence-corrected chi connectivity index (χ1v) is 15.5. The van der Waals surface area contributed by atoms with E-state index in [-0.39, 0.29) is 35.9 Å². The van der Waals surface area contributed by atoms with Gasteiger partial charge in [-0.3, -0.25) is 9.10 Å². The van der Waals surface area contributed by atoms with Gasteiger partial charge in [-0.15, -0.1) is 0 Å². The number of nitrogens with one attached hydrogen (secondary N) is 2. The minimum absolute atomic E-state index is 0.0169. The van der Waals surface area contributed by atoms with Crippen LogP contribution in [0, 0.1) is 11.6 Å². The minimum atomic E-state index is -3.59. The van der Waals surface area contributed by atoms with Crippen LogP contribution in [0.25, 0.3) is 10.9 Å². The molecule has 2 aliphatic rings. The molecule has 0 radical (unpaired) electrons. The Bertz CT molecular complexity index is 1520. The summed E-state index contributed by atoms with van der Waals surface area (Å²) in [6.45, 7) is 3.69. The zero-order chi connectivity index (χ0) is 29.3. The molecule has 222 valence electrons. The summed E-state index contributed by atoms with van der Waals surface area (Å²) < 4.78 is 62.2. The van der Waals surface area contributed by atoms with E-state index in [0.717, 1.165) is 35.4 Å². The molecule has 9 nitrogen and oxygen atoms in total. The predicted molar refractivity (Wildman–Crippen MR) is 153 cm³/mol. The topological polar surface area (TPSA) is 113 Å². The molecule has 1 aromatic heterocycles. The smallest absolute Gasteiger partial charge is 0.251 e. The van der Waals surface area contributed by atoms with Crippen molar-refractivity contribution in [2.75, 3.05) is 36.9 Å². The van der Waals surface area contributed by atoms with E-state index in [1.807, 2.05) is 17.7 Å². The Morgan fingerprint density at radius 3 is 2.54 bits per heavy atom. The Kier molecular flexibility index (Phi) is 8.65. The Labute approximate surface area is 238 Å². The molecule has 0 spiro atoms. The van der Waals surface area contributed by atoms with Gasteiger partial charge in [-0.25, -0.2) is 17.2 Å². The SMILES string of the molecule is CCc1cn2c3c(cc(C(=O)N[C@@H](Cc4cc(F)cc(F)c4)[C@H](O)CNC4CCOCC4)cc13)N(C)S(=O)(=O)CC2. The number of anilines is 1. The fraction of sp³-hybridized carbons (Fsp3) is 0.483. The van der Waals surface area contributed by atoms with Crippen LogP contribution in [0.15, 0.2) is 36.5 Å². The fourth-order valence-corrected chi connectivity index (χ4v) is 6.81. The van der Waals surface area contributed by atoms with Crippen LogP contribution in [0.1, 0.15) is 41.3 Å². The third-order valence-corrected chi connectivity index (χ3v) is 9.75. The van der Waals surface area contributed by atoms with Crippen molar-refractivity contribution in [2.24, 2.45) is 0 Å². The number of sulfonamides is 1. The van der Waals surface area contributed by atoms with Gasteiger partial charge in [-0.05, 0) is 61.1 Å². The summed E-state index contributed by atoms with van der Waals surface area (Å²) in [7, 11) is -2.12. The maximum absolute atomic E-state index is 14.0. The van der Waals surface area contributed by atoms with Crippen LogP contribution in [-0.2, 0) is 34.1 Å². The molecule has 2 aliphatic heterocycles. The van der Waals surface area contributed by atoms with Crippen molar-refractivity contribution < 1.29 is 31.8 Å². The number of benzene rings is 2. The normalized spacial score (nSPS) is 18.7. The lowest BCUT2D eigenvalue weighted by molar-refractivity contribution is 0.0657. The molecule has 1 amide bonds. The van der Waals surface area contributed by atoms with Crippen molar-refractivity contribution in [3.8, 4) is 0 Å². The second-order valence-corrected chi connectivity index (χ2v) is 12.9. The van der Waals surface area contributed by atoms with Crippen LogP contribution >= 0.6 is 0 Å². The highest BCUT2D eigenvalue weighted by Crippen LogP contribution is 2.35. The van der Waals surface area contributed by atoms with E-state index in [9.17, 15) is 27.1 Å². The standard InChI is InChI=1S/C29H36F2N4O5S/c1-3-19-17-35-6-9-41(38,39)34(2)26-14-20(13-24(19)28(26)35)29(37)33-25(12-18-10-21(30)15-22(31)11-18)27(36)16-32-23-4-7-40-8-5-23/h10-11,13-15,17,23,25,27,32,36H,3-9,12,16H2,1-2H3,(H,33,37)/t25-,27+/m0/s1. The first-order chi connectivity index (χ1) is 19.6. The number of halogens is 2. The van der Waals surface area contributed by atoms with Gasteiger partial charge in [-0.1, -0.05) is 6.92 Å². The monoisotopic (exact) mass is 590 g/mol. The molecule has 2 aromatic carbocycles. The van der Waals surface area contributed by atoms with Crippen molar-refractivity contribution in [3.05, 3.63) is 64.9 Å². The predicted octanol–water partition coefficient (Wildman–Crippen LogP) is 2.73. The molecule has 3 heterocycles. The van der Waals surface area contributed by atoms with Gasteiger partial charge in [0, 0.05) is 62.6 Å². The molecule has 41 heavy (non-hydrogen) atoms. The molecule has 0 saturated carbocycles. The minimum Gasteiger partial charge on any atom is -0.390 e. The van der Waals surface area contributed by atoms with Crippen LogP contribution < -0.4 is 14.9 Å². The van der Waals surface area contributed by atoms with E-state index in [1.165, 1.54) is 23.5 Å². The van der Waals surface area contributed by atoms with Crippen LogP contribution in [0.3, 0.4) is 0 Å². The van der Waals surface area contributed by atoms with E-state index in [1.54, 1.807) is 12.1 Å². The van der Waals surface area contributed by atoms with Crippen molar-refractivity contribution in [2.45, 2.75) is 57.3 Å². The van der Waals surface area contributed by atoms with Gasteiger partial charge in [0.2, 0.25) is 10.0 Å². The summed E-state index contributed by atoms with van der Waals surface area (Å²) in [4.78, 5) is 13.7. The summed E-state index contributed by atoms with van der Waals surface area (Å²) >= 11 is 0. The van der Waals surface area contributed by atoms with Crippen molar-refractivity contribution in [1.82, 2.24) is 15.2 Å². The van der Waals surface area contributed by atoms with Crippen molar-refractivity contribution in [3.63, 3.8) is 0 Å². The molecular weight excluding hydrogens is 554 g/mol. The molecule has 5 rings (SSSR count). The summed E-state index contributed by atoms with van der Waals surface area (Å²) in [5.41, 5.74) is 2.64. The summed E-state index contributed by atoms with van der Waals surface area (Å²) in [6.07, 6.45) is 3.10. The third kappa shape index (κ3) is 6.40. The van der Waals surface area contributed by atoms with Crippen LogP contribution in [0.4, 0.5) is 14.5 Å². The number of aryl methyl sites for hydroxylation is 2. The summed E-state index contributed by atoms with van der Waals surface area (Å²) in [5.74, 6) is -2.09. The van der Waals surface area contributed by atoms with Crippen molar-refractivity contribution >= 4 is 32.5 Å². The number of rotatable bonds is 9. The third-order valence-electron chi connectivity index (χ3n) is 8.02. The highest BCUT2D eigenvalue weighted by atomic mass is 32.2. The van der Waals surface area contributed by atoms with Gasteiger partial charge in [-0.2, -0.15) is 0 Å². The average Bonchev–Trinajstić information content (AvgIpc) is 3.27. The Hall–Kier alpha value is -3.06. The lowest BCUT2D eigenvalue weighted by Gasteiger charge is -2.28. The maximum atomic E-state index is 14.0. The number of ether oxygens (including phenoxy) is 1. The zero-order valence-electron chi connectivity index (χ0n) is 23.2. The Morgan fingerprint density at radius 1 is 1.15 bits per heavy atom. The molecule has 0 unspecified atom stereocenters. The molecule has 12 heteroatoms. The number of aromatic nitrogens is 1. The molecule has 3 aromatic rings. The molecule has 1 saturated heterocycles. The van der Waals surface area contributed by atoms with Gasteiger partial charge in [0.05, 0.1) is 29.1 Å². The van der Waals surface area contributed by atoms with E-state index >= 15 is 0 Å². The van der Waals surface area contributed by atoms with Crippen LogP contribution in [0.5, 0.6) is 0 Å². The van der Waals surface area contributed by atoms with Gasteiger partial charge in [0.1, 0.15) is 11.6 Å². The molecule has 0 bridgehead atoms.